The molecule has 0 unspecified atom stereocenters. The van der Waals surface area contributed by atoms with Crippen molar-refractivity contribution in [3.63, 3.8) is 0 Å². The average Bonchev–Trinajstić information content (AvgIpc) is 0.838. The fourth-order valence-corrected chi connectivity index (χ4v) is 11.1. The second kappa shape index (κ2) is 28.4. The molecule has 0 saturated heterocycles. The molecule has 0 amide bonds. The molecule has 0 aliphatic carbocycles. The van der Waals surface area contributed by atoms with Crippen molar-refractivity contribution in [1.82, 2.24) is 0 Å². The van der Waals surface area contributed by atoms with Crippen LogP contribution in [0.1, 0.15) is 114 Å². The van der Waals surface area contributed by atoms with Gasteiger partial charge < -0.3 is 0 Å². The molecule has 0 saturated carbocycles. The van der Waals surface area contributed by atoms with Crippen LogP contribution in [0.4, 0.5) is 0 Å². The second-order valence-corrected chi connectivity index (χ2v) is 23.1. The van der Waals surface area contributed by atoms with Gasteiger partial charge in [0.1, 0.15) is 35.2 Å². The first-order valence-electron chi connectivity index (χ1n) is 32.3. The largest absolute Gasteiger partial charge is 0.215 e. The molecule has 434 valence electrons. The molecule has 5 nitrogen and oxygen atoms in total. The quantitative estimate of drug-likeness (QED) is 0.153. The summed E-state index contributed by atoms with van der Waals surface area (Å²) in [5.41, 5.74) is 33.8. The van der Waals surface area contributed by atoms with E-state index >= 15 is 0 Å². The lowest BCUT2D eigenvalue weighted by molar-refractivity contribution is -0.667. The molecule has 0 atom stereocenters. The molecule has 0 radical (unpaired) electrons. The molecule has 5 heterocycles. The summed E-state index contributed by atoms with van der Waals surface area (Å²) in [6.07, 6.45) is 2.09. The van der Waals surface area contributed by atoms with Crippen molar-refractivity contribution < 1.29 is 31.1 Å². The van der Waals surface area contributed by atoms with Crippen molar-refractivity contribution in [3.8, 4) is 56.3 Å². The minimum absolute atomic E-state index is 0.426. The number of aromatic nitrogens is 5. The van der Waals surface area contributed by atoms with Crippen LogP contribution in [0.2, 0.25) is 0 Å². The molecule has 0 aliphatic rings. The van der Waals surface area contributed by atoms with Crippen molar-refractivity contribution in [3.05, 3.63) is 264 Å². The Kier molecular flexibility index (Phi) is 19.1. The summed E-state index contributed by atoms with van der Waals surface area (Å²) >= 11 is 0. The summed E-state index contributed by atoms with van der Waals surface area (Å²) in [7, 11) is 10.2. The van der Waals surface area contributed by atoms with Gasteiger partial charge in [-0.25, -0.2) is 4.57 Å². The molecular weight excluding hydrogens is 1020 g/mol. The number of aryl methyl sites for hydroxylation is 12. The van der Waals surface area contributed by atoms with Gasteiger partial charge in [0, 0.05) is 121 Å². The van der Waals surface area contributed by atoms with Crippen molar-refractivity contribution in [1.29, 1.82) is 0 Å². The van der Waals surface area contributed by atoms with Gasteiger partial charge in [-0.3, -0.25) is 0 Å². The molecule has 5 heteroatoms. The molecular formula is C79H98N5+5. The SMILES string of the molecule is Cc1ccc(-c2cccc[n+]2C)c(C)c1C.Cc1ccccc1-c1c(C)cc(C)c(C)[n+]1C.Cc1ccccc1-c1cc(C)c(C)c(C)[n+]1C.[2H]C([2H])([2H])c1c(C)cc(-c2ccccc2C)[n+](C)c1C.[2H]C([2H])([2H])c1cc(C)c(-c2ccccc2C)[n+](C)c1C. The monoisotopic (exact) mass is 1120 g/mol. The van der Waals surface area contributed by atoms with Gasteiger partial charge in [0.05, 0.1) is 0 Å². The molecule has 0 spiro atoms. The van der Waals surface area contributed by atoms with Crippen molar-refractivity contribution in [2.45, 2.75) is 131 Å². The Morgan fingerprint density at radius 3 is 1.07 bits per heavy atom. The van der Waals surface area contributed by atoms with Crippen LogP contribution >= 0.6 is 0 Å². The second-order valence-electron chi connectivity index (χ2n) is 23.1. The van der Waals surface area contributed by atoms with E-state index in [-0.39, 0.29) is 0 Å². The highest BCUT2D eigenvalue weighted by atomic mass is 15.0. The van der Waals surface area contributed by atoms with Crippen LogP contribution in [0.25, 0.3) is 56.3 Å². The lowest BCUT2D eigenvalue weighted by Gasteiger charge is -2.10. The summed E-state index contributed by atoms with van der Waals surface area (Å²) in [6, 6.07) is 52.5. The Hall–Kier alpha value is -8.15. The van der Waals surface area contributed by atoms with Gasteiger partial charge in [-0.15, -0.1) is 0 Å². The molecule has 10 rings (SSSR count). The molecule has 5 aromatic carbocycles. The zero-order valence-electron chi connectivity index (χ0n) is 60.7. The van der Waals surface area contributed by atoms with Crippen molar-refractivity contribution in [2.24, 2.45) is 35.2 Å². The highest BCUT2D eigenvalue weighted by Crippen LogP contribution is 2.29. The van der Waals surface area contributed by atoms with E-state index in [1.54, 1.807) is 6.07 Å². The predicted molar refractivity (Wildman–Crippen MR) is 355 cm³/mol. The van der Waals surface area contributed by atoms with Gasteiger partial charge in [-0.2, -0.15) is 18.3 Å². The van der Waals surface area contributed by atoms with Gasteiger partial charge in [0.25, 0.3) is 0 Å². The number of hydrogen-bond acceptors (Lipinski definition) is 0. The fourth-order valence-electron chi connectivity index (χ4n) is 11.1. The van der Waals surface area contributed by atoms with Crippen LogP contribution in [-0.2, 0) is 35.2 Å². The molecule has 0 aliphatic heterocycles. The predicted octanol–water partition coefficient (Wildman–Crippen LogP) is 16.8. The van der Waals surface area contributed by atoms with Gasteiger partial charge in [0.15, 0.2) is 29.0 Å². The Bertz CT molecular complexity index is 4240. The van der Waals surface area contributed by atoms with E-state index in [1.165, 1.54) is 106 Å². The third-order valence-corrected chi connectivity index (χ3v) is 17.5. The fraction of sp³-hybridized carbons (Fsp3) is 0.304. The maximum atomic E-state index is 7.69. The average molecular weight is 1120 g/mol. The first-order chi connectivity index (χ1) is 42.1. The summed E-state index contributed by atoms with van der Waals surface area (Å²) in [5.74, 6) is 0. The maximum absolute atomic E-state index is 7.69. The molecule has 0 N–H and O–H groups in total. The van der Waals surface area contributed by atoms with Crippen LogP contribution < -0.4 is 22.8 Å². The maximum Gasteiger partial charge on any atom is 0.215 e. The van der Waals surface area contributed by atoms with Crippen molar-refractivity contribution >= 4 is 0 Å². The van der Waals surface area contributed by atoms with Gasteiger partial charge in [0.2, 0.25) is 28.5 Å². The van der Waals surface area contributed by atoms with Gasteiger partial charge >= 0.3 is 0 Å². The molecule has 0 fully saturated rings. The lowest BCUT2D eigenvalue weighted by Crippen LogP contribution is -2.36. The minimum Gasteiger partial charge on any atom is -0.201 e. The van der Waals surface area contributed by atoms with E-state index in [9.17, 15) is 0 Å². The number of pyridine rings is 5. The summed E-state index contributed by atoms with van der Waals surface area (Å²) in [5, 5.41) is 0. The van der Waals surface area contributed by atoms with Crippen LogP contribution in [0, 0.1) is 131 Å². The topological polar surface area (TPSA) is 19.4 Å². The number of hydrogen-bond donors (Lipinski definition) is 0. The highest BCUT2D eigenvalue weighted by Gasteiger charge is 2.23. The van der Waals surface area contributed by atoms with Crippen LogP contribution in [0.5, 0.6) is 0 Å². The van der Waals surface area contributed by atoms with E-state index in [0.29, 0.717) is 11.1 Å². The third kappa shape index (κ3) is 14.6. The summed E-state index contributed by atoms with van der Waals surface area (Å²) < 4.78 is 56.7. The van der Waals surface area contributed by atoms with E-state index in [2.05, 4.69) is 246 Å². The van der Waals surface area contributed by atoms with E-state index < -0.39 is 13.7 Å². The molecule has 10 aromatic rings. The minimum atomic E-state index is -2.07. The zero-order chi connectivity index (χ0) is 67.0. The molecule has 5 aromatic heterocycles. The smallest absolute Gasteiger partial charge is 0.201 e. The third-order valence-electron chi connectivity index (χ3n) is 17.5. The number of benzene rings is 5. The van der Waals surface area contributed by atoms with Crippen LogP contribution in [0.15, 0.2) is 158 Å². The van der Waals surface area contributed by atoms with Crippen molar-refractivity contribution in [2.75, 3.05) is 0 Å². The van der Waals surface area contributed by atoms with E-state index in [4.69, 9.17) is 8.22 Å². The first kappa shape index (κ1) is 56.3. The number of nitrogens with zero attached hydrogens (tertiary/aromatic N) is 5. The van der Waals surface area contributed by atoms with Gasteiger partial charge in [-0.05, 0) is 202 Å². The van der Waals surface area contributed by atoms with E-state index in [0.717, 1.165) is 45.0 Å². The Morgan fingerprint density at radius 1 is 0.250 bits per heavy atom. The summed E-state index contributed by atoms with van der Waals surface area (Å²) in [6.45, 7) is 31.6. The normalized spacial score (nSPS) is 12.0. The Balaban J connectivity index is 0.000000180. The first-order valence-corrected chi connectivity index (χ1v) is 29.3. The molecule has 0 bridgehead atoms. The highest BCUT2D eigenvalue weighted by molar-refractivity contribution is 5.67. The van der Waals surface area contributed by atoms with Crippen LogP contribution in [-0.4, -0.2) is 0 Å². The van der Waals surface area contributed by atoms with E-state index in [1.807, 2.05) is 81.3 Å². The number of rotatable bonds is 5. The Morgan fingerprint density at radius 2 is 0.643 bits per heavy atom. The zero-order valence-corrected chi connectivity index (χ0v) is 54.7. The van der Waals surface area contributed by atoms with Gasteiger partial charge in [-0.1, -0.05) is 78.9 Å². The summed E-state index contributed by atoms with van der Waals surface area (Å²) in [4.78, 5) is 0. The standard InChI is InChI=1S/4C16H20N.C15H18N/c2*1-11-8-6-7-9-15(11)16-10-12(2)13(3)14(4)17(16)5;2*1-11-8-6-7-9-15(11)16-13(3)10-12(2)14(4)17(16)5;1-11-8-9-14(13(3)12(11)2)15-7-5-6-10-16(15)4/h4*6-10H,1-5H3;5-10H,1-4H3/q5*+1/i3D3;;2D3;;. The lowest BCUT2D eigenvalue weighted by atomic mass is 9.96. The van der Waals surface area contributed by atoms with Crippen LogP contribution in [0.3, 0.4) is 0 Å². The Labute approximate surface area is 515 Å². The molecule has 84 heavy (non-hydrogen) atoms.